The summed E-state index contributed by atoms with van der Waals surface area (Å²) in [6, 6.07) is 30.4. The van der Waals surface area contributed by atoms with Gasteiger partial charge in [0.15, 0.2) is 0 Å². The Hall–Kier alpha value is -1.24. The molecule has 0 N–H and O–H groups in total. The molecule has 152 valence electrons. The van der Waals surface area contributed by atoms with E-state index in [1.807, 2.05) is 0 Å². The summed E-state index contributed by atoms with van der Waals surface area (Å²) in [6.45, 7) is 5.08. The van der Waals surface area contributed by atoms with Crippen molar-refractivity contribution in [3.8, 4) is 0 Å². The molecule has 0 fully saturated rings. The molecular formula is C24H24Cl2NOPZn. The number of hydrogen-bond acceptors (Lipinski definition) is 2. The monoisotopic (exact) mass is 507 g/mol. The van der Waals surface area contributed by atoms with E-state index in [0.717, 1.165) is 11.5 Å². The number of rotatable bonds is 5. The van der Waals surface area contributed by atoms with E-state index in [-0.39, 0.29) is 6.04 Å². The number of ether oxygens (including phenoxy) is 1. The molecule has 4 rings (SSSR count). The molecule has 6 heteroatoms. The third-order valence-electron chi connectivity index (χ3n) is 4.85. The van der Waals surface area contributed by atoms with Crippen LogP contribution in [0.5, 0.6) is 0 Å². The molecule has 0 aromatic heterocycles. The first-order chi connectivity index (χ1) is 14.7. The van der Waals surface area contributed by atoms with Crippen molar-refractivity contribution < 1.29 is 19.9 Å². The van der Waals surface area contributed by atoms with Crippen LogP contribution in [0.3, 0.4) is 0 Å². The van der Waals surface area contributed by atoms with Gasteiger partial charge < -0.3 is 4.74 Å². The van der Waals surface area contributed by atoms with Crippen LogP contribution in [0.25, 0.3) is 0 Å². The first-order valence-corrected chi connectivity index (χ1v) is 19.1. The van der Waals surface area contributed by atoms with E-state index < -0.39 is 23.1 Å². The zero-order chi connectivity index (χ0) is 21.3. The van der Waals surface area contributed by atoms with Crippen molar-refractivity contribution in [2.45, 2.75) is 19.9 Å². The van der Waals surface area contributed by atoms with Crippen molar-refractivity contribution in [1.82, 2.24) is 0 Å². The quantitative estimate of drug-likeness (QED) is 0.323. The molecule has 0 radical (unpaired) electrons. The van der Waals surface area contributed by atoms with Crippen molar-refractivity contribution in [1.29, 1.82) is 0 Å². The maximum atomic E-state index is 6.04. The zero-order valence-corrected chi connectivity index (χ0v) is 22.6. The Kier molecular flexibility index (Phi) is 9.35. The van der Waals surface area contributed by atoms with Gasteiger partial charge in [0, 0.05) is 5.56 Å². The molecule has 0 amide bonds. The van der Waals surface area contributed by atoms with Crippen LogP contribution in [-0.4, -0.2) is 18.5 Å². The molecule has 1 heterocycles. The van der Waals surface area contributed by atoms with Crippen molar-refractivity contribution in [2.24, 2.45) is 10.9 Å². The minimum atomic E-state index is -0.931. The molecule has 1 atom stereocenters. The summed E-state index contributed by atoms with van der Waals surface area (Å²) in [5, 5.41) is 3.98. The third kappa shape index (κ3) is 5.92. The Morgan fingerprint density at radius 1 is 0.867 bits per heavy atom. The summed E-state index contributed by atoms with van der Waals surface area (Å²) in [4.78, 5) is 4.89. The first-order valence-electron chi connectivity index (χ1n) is 9.97. The predicted molar refractivity (Wildman–Crippen MR) is 128 cm³/mol. The van der Waals surface area contributed by atoms with Crippen LogP contribution < -0.4 is 15.9 Å². The Labute approximate surface area is 196 Å². The average molecular weight is 510 g/mol. The van der Waals surface area contributed by atoms with Gasteiger partial charge in [-0.2, -0.15) is 0 Å². The van der Waals surface area contributed by atoms with E-state index in [1.54, 1.807) is 0 Å². The van der Waals surface area contributed by atoms with Crippen LogP contribution in [0, 0.1) is 5.92 Å². The Morgan fingerprint density at radius 3 is 1.87 bits per heavy atom. The van der Waals surface area contributed by atoms with E-state index in [1.165, 1.54) is 15.9 Å². The van der Waals surface area contributed by atoms with Crippen LogP contribution in [0.15, 0.2) is 89.9 Å². The molecule has 0 saturated heterocycles. The van der Waals surface area contributed by atoms with Gasteiger partial charge in [-0.05, 0) is 35.8 Å². The second-order valence-electron chi connectivity index (χ2n) is 7.18. The molecule has 0 bridgehead atoms. The van der Waals surface area contributed by atoms with Gasteiger partial charge in [-0.25, -0.2) is 4.99 Å². The molecule has 0 unspecified atom stereocenters. The molecule has 2 nitrogen and oxygen atoms in total. The molecule has 0 saturated carbocycles. The van der Waals surface area contributed by atoms with Gasteiger partial charge in [-0.15, -0.1) is 0 Å². The molecule has 0 aliphatic carbocycles. The second kappa shape index (κ2) is 12.0. The Balaban J connectivity index is 0.000000806. The van der Waals surface area contributed by atoms with Gasteiger partial charge >= 0.3 is 34.5 Å². The van der Waals surface area contributed by atoms with Crippen LogP contribution in [0.4, 0.5) is 0 Å². The van der Waals surface area contributed by atoms with Gasteiger partial charge in [0.05, 0.1) is 6.04 Å². The summed E-state index contributed by atoms with van der Waals surface area (Å²) in [5.41, 5.74) is 1.12. The summed E-state index contributed by atoms with van der Waals surface area (Å²) in [6.07, 6.45) is 0. The van der Waals surface area contributed by atoms with Gasteiger partial charge in [0.1, 0.15) is 6.61 Å². The topological polar surface area (TPSA) is 21.6 Å². The normalized spacial score (nSPS) is 15.1. The van der Waals surface area contributed by atoms with E-state index >= 15 is 0 Å². The summed E-state index contributed by atoms with van der Waals surface area (Å²) >= 11 is -0.931. The Morgan fingerprint density at radius 2 is 1.37 bits per heavy atom. The van der Waals surface area contributed by atoms with Gasteiger partial charge in [0.2, 0.25) is 5.90 Å². The zero-order valence-electron chi connectivity index (χ0n) is 17.2. The molecule has 3 aromatic carbocycles. The van der Waals surface area contributed by atoms with Crippen molar-refractivity contribution in [3.05, 3.63) is 90.5 Å². The summed E-state index contributed by atoms with van der Waals surface area (Å²) in [7, 11) is 9.23. The molecule has 30 heavy (non-hydrogen) atoms. The van der Waals surface area contributed by atoms with Gasteiger partial charge in [-0.3, -0.25) is 0 Å². The first kappa shape index (κ1) is 23.4. The minimum absolute atomic E-state index is 0.243. The van der Waals surface area contributed by atoms with Crippen LogP contribution >= 0.6 is 27.3 Å². The van der Waals surface area contributed by atoms with Crippen molar-refractivity contribution >= 4 is 49.1 Å². The maximum absolute atomic E-state index is 6.04. The Bertz CT molecular complexity index is 914. The summed E-state index contributed by atoms with van der Waals surface area (Å²) in [5.74, 6) is 1.28. The second-order valence-corrected chi connectivity index (χ2v) is 14.0. The standard InChI is InChI=1S/C24H24NOP.2ClH.Zn/c1-18(2)22-17-26-24(25-22)21-15-9-10-16-23(21)27(19-11-5-3-6-12-19)20-13-7-4-8-14-20;;;/h3-16,18,22H,17H2,1-2H3;2*1H;/q;;;+2/p-2/t22-;;;/m1.../s1. The number of aliphatic imine (C=N–C) groups is 1. The fourth-order valence-electron chi connectivity index (χ4n) is 3.31. The van der Waals surface area contributed by atoms with Crippen LogP contribution in [-0.2, 0) is 19.9 Å². The number of halogens is 2. The average Bonchev–Trinajstić information content (AvgIpc) is 3.27. The fraction of sp³-hybridized carbons (Fsp3) is 0.208. The molecule has 3 aromatic rings. The summed E-state index contributed by atoms with van der Waals surface area (Å²) < 4.78 is 6.04. The van der Waals surface area contributed by atoms with Crippen molar-refractivity contribution in [2.75, 3.05) is 6.61 Å². The number of benzene rings is 3. The SMILES string of the molecule is CC(C)[C@H]1COC(c2ccccc2P(c2ccccc2)c2ccccc2)=N1.[Cl][Zn][Cl]. The van der Waals surface area contributed by atoms with Crippen molar-refractivity contribution in [3.63, 3.8) is 0 Å². The fourth-order valence-corrected chi connectivity index (χ4v) is 5.75. The van der Waals surface area contributed by atoms with E-state index in [4.69, 9.17) is 29.1 Å². The van der Waals surface area contributed by atoms with Gasteiger partial charge in [-0.1, -0.05) is 92.7 Å². The number of nitrogens with zero attached hydrogens (tertiary/aromatic N) is 1. The van der Waals surface area contributed by atoms with Gasteiger partial charge in [0.25, 0.3) is 0 Å². The van der Waals surface area contributed by atoms with Crippen LogP contribution in [0.1, 0.15) is 19.4 Å². The molecule has 0 spiro atoms. The van der Waals surface area contributed by atoms with Crippen LogP contribution in [0.2, 0.25) is 0 Å². The van der Waals surface area contributed by atoms with E-state index in [9.17, 15) is 0 Å². The molecular weight excluding hydrogens is 486 g/mol. The molecule has 1 aliphatic heterocycles. The predicted octanol–water partition coefficient (Wildman–Crippen LogP) is 5.62. The van der Waals surface area contributed by atoms with E-state index in [0.29, 0.717) is 12.5 Å². The number of hydrogen-bond donors (Lipinski definition) is 0. The third-order valence-corrected chi connectivity index (χ3v) is 7.35. The molecule has 1 aliphatic rings. The van der Waals surface area contributed by atoms with E-state index in [2.05, 4.69) is 98.8 Å².